The summed E-state index contributed by atoms with van der Waals surface area (Å²) in [4.78, 5) is 51.5. The topological polar surface area (TPSA) is 164 Å². The number of amides is 1. The molecular weight excluding hydrogens is 653 g/mol. The Balaban J connectivity index is 1.22. The Morgan fingerprint density at radius 1 is 0.939 bits per heavy atom. The molecule has 2 aliphatic rings. The van der Waals surface area contributed by atoms with Gasteiger partial charge in [-0.15, -0.1) is 0 Å². The molecule has 1 fully saturated rings. The van der Waals surface area contributed by atoms with Crippen LogP contribution in [0.3, 0.4) is 0 Å². The number of nitrogens with zero attached hydrogens (tertiary/aromatic N) is 1. The van der Waals surface area contributed by atoms with Crippen molar-refractivity contribution in [2.24, 2.45) is 0 Å². The average Bonchev–Trinajstić information content (AvgIpc) is 3.57. The molecule has 0 radical (unpaired) electrons. The number of benzene rings is 3. The number of rotatable bonds is 11. The molecule has 1 aliphatic carbocycles. The van der Waals surface area contributed by atoms with E-state index in [1.807, 2.05) is 55.5 Å². The molecule has 13 nitrogen and oxygen atoms in total. The van der Waals surface area contributed by atoms with Gasteiger partial charge in [0.2, 0.25) is 0 Å². The predicted molar refractivity (Wildman–Crippen MR) is 178 cm³/mol. The van der Waals surface area contributed by atoms with E-state index in [0.29, 0.717) is 12.0 Å². The fraction of sp³-hybridized carbons (Fsp3) is 0.314. The van der Waals surface area contributed by atoms with Gasteiger partial charge in [-0.2, -0.15) is 0 Å². The molecule has 1 unspecified atom stereocenters. The van der Waals surface area contributed by atoms with E-state index >= 15 is 0 Å². The number of aromatic nitrogens is 2. The van der Waals surface area contributed by atoms with E-state index in [0.717, 1.165) is 32.9 Å². The molecule has 2 N–H and O–H groups in total. The first-order valence-electron chi connectivity index (χ1n) is 15.8. The first kappa shape index (κ1) is 33.9. The minimum atomic E-state index is -3.89. The van der Waals surface area contributed by atoms with E-state index in [1.165, 1.54) is 19.8 Å². The van der Waals surface area contributed by atoms with E-state index in [-0.39, 0.29) is 24.9 Å². The summed E-state index contributed by atoms with van der Waals surface area (Å²) < 4.78 is 43.8. The van der Waals surface area contributed by atoms with Gasteiger partial charge in [0.05, 0.1) is 6.10 Å². The quantitative estimate of drug-likeness (QED) is 0.160. The Bertz CT molecular complexity index is 1960. The first-order valence-corrected chi connectivity index (χ1v) is 17.8. The molecule has 2 heterocycles. The van der Waals surface area contributed by atoms with Gasteiger partial charge in [0, 0.05) is 31.8 Å². The van der Waals surface area contributed by atoms with Gasteiger partial charge in [-0.1, -0.05) is 67.6 Å². The molecular formula is C35H36N3O10P. The van der Waals surface area contributed by atoms with Crippen molar-refractivity contribution in [1.82, 2.24) is 14.9 Å². The zero-order chi connectivity index (χ0) is 34.7. The maximum Gasteiger partial charge on any atom is 0.407 e. The number of nitrogens with one attached hydrogen (secondary N) is 2. The Hall–Kier alpha value is -4.97. The number of esters is 1. The molecule has 3 aromatic carbocycles. The summed E-state index contributed by atoms with van der Waals surface area (Å²) in [6.45, 7) is 4.51. The van der Waals surface area contributed by atoms with Gasteiger partial charge < -0.3 is 24.1 Å². The summed E-state index contributed by atoms with van der Waals surface area (Å²) >= 11 is 0. The van der Waals surface area contributed by atoms with Gasteiger partial charge in [-0.3, -0.25) is 23.7 Å². The minimum absolute atomic E-state index is 0.0300. The number of carbonyl (C=O) groups excluding carboxylic acids is 2. The molecule has 1 amide bonds. The number of ether oxygens (including phenoxy) is 3. The van der Waals surface area contributed by atoms with Crippen molar-refractivity contribution in [3.8, 4) is 16.9 Å². The van der Waals surface area contributed by atoms with Crippen LogP contribution in [0.4, 0.5) is 4.79 Å². The molecule has 0 spiro atoms. The molecule has 5 atom stereocenters. The fourth-order valence-electron chi connectivity index (χ4n) is 6.26. The van der Waals surface area contributed by atoms with Crippen molar-refractivity contribution >= 4 is 19.7 Å². The molecule has 256 valence electrons. The number of carbonyl (C=O) groups is 2. The van der Waals surface area contributed by atoms with Gasteiger partial charge in [-0.25, -0.2) is 14.2 Å². The second-order valence-corrected chi connectivity index (χ2v) is 13.8. The molecule has 6 rings (SSSR count). The number of fused-ring (bicyclic) bond motifs is 3. The second kappa shape index (κ2) is 14.3. The van der Waals surface area contributed by atoms with Crippen LogP contribution in [0.25, 0.3) is 11.1 Å². The molecule has 0 saturated carbocycles. The van der Waals surface area contributed by atoms with Gasteiger partial charge in [-0.05, 0) is 46.4 Å². The molecule has 1 saturated heterocycles. The van der Waals surface area contributed by atoms with Gasteiger partial charge in [0.25, 0.3) is 5.56 Å². The zero-order valence-electron chi connectivity index (χ0n) is 27.1. The number of aromatic amines is 1. The molecule has 0 bridgehead atoms. The van der Waals surface area contributed by atoms with Gasteiger partial charge >= 0.3 is 25.3 Å². The van der Waals surface area contributed by atoms with Crippen LogP contribution in [0.2, 0.25) is 0 Å². The smallest absolute Gasteiger partial charge is 0.407 e. The van der Waals surface area contributed by atoms with Crippen molar-refractivity contribution in [1.29, 1.82) is 0 Å². The zero-order valence-corrected chi connectivity index (χ0v) is 28.0. The molecule has 1 aromatic heterocycles. The lowest BCUT2D eigenvalue weighted by Crippen LogP contribution is -2.49. The van der Waals surface area contributed by atoms with Crippen molar-refractivity contribution < 1.29 is 37.4 Å². The second-order valence-electron chi connectivity index (χ2n) is 11.8. The van der Waals surface area contributed by atoms with E-state index in [9.17, 15) is 23.7 Å². The Morgan fingerprint density at radius 3 is 2.20 bits per heavy atom. The number of H-pyrrole nitrogens is 1. The van der Waals surface area contributed by atoms with Gasteiger partial charge in [0.1, 0.15) is 31.1 Å². The van der Waals surface area contributed by atoms with Crippen LogP contribution in [0.5, 0.6) is 5.75 Å². The monoisotopic (exact) mass is 689 g/mol. The van der Waals surface area contributed by atoms with Crippen molar-refractivity contribution in [3.63, 3.8) is 0 Å². The highest BCUT2D eigenvalue weighted by atomic mass is 31.2. The van der Waals surface area contributed by atoms with Crippen LogP contribution in [-0.4, -0.2) is 53.1 Å². The maximum atomic E-state index is 13.8. The maximum absolute atomic E-state index is 13.8. The molecule has 14 heteroatoms. The predicted octanol–water partition coefficient (Wildman–Crippen LogP) is 5.10. The molecule has 4 aromatic rings. The summed E-state index contributed by atoms with van der Waals surface area (Å²) in [6.07, 6.45) is -2.15. The lowest BCUT2D eigenvalue weighted by molar-refractivity contribution is -0.142. The SMILES string of the molecule is CC[C@H]1O[C@@H](n2ccc(=O)[nH]c2=O)[C@H](NC(=O)OCC2c3ccccc3-c3ccccc32)[C@@H]1OP(C)(=O)Oc1ccc(COC(C)=O)cc1. The van der Waals surface area contributed by atoms with Crippen LogP contribution in [0.1, 0.15) is 49.1 Å². The van der Waals surface area contributed by atoms with Crippen LogP contribution < -0.4 is 21.1 Å². The fourth-order valence-corrected chi connectivity index (χ4v) is 7.51. The number of hydrogen-bond acceptors (Lipinski definition) is 10. The van der Waals surface area contributed by atoms with E-state index in [4.69, 9.17) is 23.3 Å². The van der Waals surface area contributed by atoms with Crippen molar-refractivity contribution in [2.75, 3.05) is 13.3 Å². The normalized spacial score (nSPS) is 20.9. The lowest BCUT2D eigenvalue weighted by Gasteiger charge is -2.28. The number of alkyl carbamates (subject to hydrolysis) is 1. The minimum Gasteiger partial charge on any atom is -0.461 e. The van der Waals surface area contributed by atoms with Crippen molar-refractivity contribution in [2.45, 2.75) is 57.3 Å². The summed E-state index contributed by atoms with van der Waals surface area (Å²) in [5, 5.41) is 2.79. The van der Waals surface area contributed by atoms with E-state index in [1.54, 1.807) is 24.3 Å². The standard InChI is InChI=1S/C35H36N3O10P/c1-4-29-32(48-49(3,43)47-23-15-13-22(14-16-23)19-44-21(2)39)31(33(46-29)38-18-17-30(40)36-34(38)41)37-35(42)45-20-28-26-11-7-5-9-24(26)25-10-6-8-12-27(25)28/h5-18,28-29,31-33H,4,19-20H2,1-3H3,(H,37,42)(H,36,40,41)/t29-,31-,32-,33-,49?/m1/s1. The summed E-state index contributed by atoms with van der Waals surface area (Å²) in [5.74, 6) is -0.380. The third-order valence-electron chi connectivity index (χ3n) is 8.45. The third-order valence-corrected chi connectivity index (χ3v) is 9.62. The lowest BCUT2D eigenvalue weighted by atomic mass is 9.98. The van der Waals surface area contributed by atoms with Crippen molar-refractivity contribution in [3.05, 3.63) is 123 Å². The Kier molecular flexibility index (Phi) is 9.86. The van der Waals surface area contributed by atoms with Crippen LogP contribution in [-0.2, 0) is 34.7 Å². The largest absolute Gasteiger partial charge is 0.461 e. The first-order chi connectivity index (χ1) is 23.5. The highest BCUT2D eigenvalue weighted by Crippen LogP contribution is 2.49. The van der Waals surface area contributed by atoms with E-state index in [2.05, 4.69) is 10.3 Å². The highest BCUT2D eigenvalue weighted by Gasteiger charge is 2.49. The Labute approximate surface area is 281 Å². The summed E-state index contributed by atoms with van der Waals surface area (Å²) in [7, 11) is -3.89. The molecule has 1 aliphatic heterocycles. The number of hydrogen-bond donors (Lipinski definition) is 2. The Morgan fingerprint density at radius 2 is 1.59 bits per heavy atom. The van der Waals surface area contributed by atoms with Gasteiger partial charge in [0.15, 0.2) is 6.23 Å². The van der Waals surface area contributed by atoms with Crippen LogP contribution >= 0.6 is 7.60 Å². The third kappa shape index (κ3) is 7.54. The highest BCUT2D eigenvalue weighted by molar-refractivity contribution is 7.53. The van der Waals surface area contributed by atoms with Crippen LogP contribution in [0.15, 0.2) is 94.6 Å². The van der Waals surface area contributed by atoms with E-state index < -0.39 is 55.4 Å². The average molecular weight is 690 g/mol. The summed E-state index contributed by atoms with van der Waals surface area (Å²) in [6, 6.07) is 22.4. The molecule has 49 heavy (non-hydrogen) atoms. The summed E-state index contributed by atoms with van der Waals surface area (Å²) in [5.41, 5.74) is 3.55. The van der Waals surface area contributed by atoms with Crippen LogP contribution in [0, 0.1) is 0 Å².